The lowest BCUT2D eigenvalue weighted by atomic mass is 10.2. The SMILES string of the molecule is CC.O=CCc1ccccc1F. The normalized spacial score (nSPS) is 8.25. The van der Waals surface area contributed by atoms with Crippen LogP contribution in [-0.4, -0.2) is 6.29 Å². The van der Waals surface area contributed by atoms with Crippen molar-refractivity contribution in [2.45, 2.75) is 20.3 Å². The van der Waals surface area contributed by atoms with E-state index in [1.807, 2.05) is 13.8 Å². The molecule has 0 aliphatic carbocycles. The van der Waals surface area contributed by atoms with E-state index in [4.69, 9.17) is 0 Å². The minimum Gasteiger partial charge on any atom is -0.303 e. The molecule has 66 valence electrons. The lowest BCUT2D eigenvalue weighted by molar-refractivity contribution is -0.107. The highest BCUT2D eigenvalue weighted by Gasteiger charge is 1.96. The average Bonchev–Trinajstić information content (AvgIpc) is 2.13. The first kappa shape index (κ1) is 10.8. The van der Waals surface area contributed by atoms with E-state index in [9.17, 15) is 9.18 Å². The Morgan fingerprint density at radius 1 is 1.33 bits per heavy atom. The molecule has 0 saturated heterocycles. The monoisotopic (exact) mass is 168 g/mol. The molecule has 0 aliphatic heterocycles. The van der Waals surface area contributed by atoms with Crippen LogP contribution in [0.15, 0.2) is 24.3 Å². The first-order valence-corrected chi connectivity index (χ1v) is 4.01. The van der Waals surface area contributed by atoms with Crippen molar-refractivity contribution in [2.24, 2.45) is 0 Å². The predicted octanol–water partition coefficient (Wildman–Crippen LogP) is 2.59. The predicted molar refractivity (Wildman–Crippen MR) is 47.5 cm³/mol. The minimum absolute atomic E-state index is 0.159. The summed E-state index contributed by atoms with van der Waals surface area (Å²) in [5.74, 6) is -0.311. The molecule has 1 aromatic carbocycles. The van der Waals surface area contributed by atoms with Gasteiger partial charge in [-0.25, -0.2) is 4.39 Å². The van der Waals surface area contributed by atoms with Crippen LogP contribution in [-0.2, 0) is 11.2 Å². The molecule has 0 heterocycles. The van der Waals surface area contributed by atoms with Crippen molar-refractivity contribution in [3.05, 3.63) is 35.6 Å². The summed E-state index contributed by atoms with van der Waals surface area (Å²) in [6.45, 7) is 4.00. The van der Waals surface area contributed by atoms with E-state index in [-0.39, 0.29) is 12.2 Å². The second-order valence-electron chi connectivity index (χ2n) is 1.96. The molecule has 0 aliphatic rings. The molecule has 0 amide bonds. The van der Waals surface area contributed by atoms with Crippen LogP contribution in [0.4, 0.5) is 4.39 Å². The maximum absolute atomic E-state index is 12.6. The van der Waals surface area contributed by atoms with Crippen molar-refractivity contribution >= 4 is 6.29 Å². The molecule has 1 nitrogen and oxygen atoms in total. The zero-order valence-electron chi connectivity index (χ0n) is 7.38. The summed E-state index contributed by atoms with van der Waals surface area (Å²) in [7, 11) is 0. The van der Waals surface area contributed by atoms with Gasteiger partial charge in [-0.15, -0.1) is 0 Å². The van der Waals surface area contributed by atoms with Gasteiger partial charge in [0.25, 0.3) is 0 Å². The van der Waals surface area contributed by atoms with Crippen LogP contribution in [0.5, 0.6) is 0 Å². The number of rotatable bonds is 2. The Kier molecular flexibility index (Phi) is 5.88. The van der Waals surface area contributed by atoms with Gasteiger partial charge in [0.1, 0.15) is 12.1 Å². The molecule has 0 bridgehead atoms. The third-order valence-corrected chi connectivity index (χ3v) is 1.26. The molecule has 1 aromatic rings. The van der Waals surface area contributed by atoms with Gasteiger partial charge in [-0.1, -0.05) is 32.0 Å². The molecule has 0 fully saturated rings. The van der Waals surface area contributed by atoms with Crippen LogP contribution in [0.2, 0.25) is 0 Å². The summed E-state index contributed by atoms with van der Waals surface area (Å²) in [5, 5.41) is 0. The van der Waals surface area contributed by atoms with E-state index >= 15 is 0 Å². The van der Waals surface area contributed by atoms with Crippen molar-refractivity contribution < 1.29 is 9.18 Å². The topological polar surface area (TPSA) is 17.1 Å². The summed E-state index contributed by atoms with van der Waals surface area (Å²) < 4.78 is 12.6. The van der Waals surface area contributed by atoms with Gasteiger partial charge in [-0.05, 0) is 11.6 Å². The number of hydrogen-bond donors (Lipinski definition) is 0. The third kappa shape index (κ3) is 3.28. The van der Waals surface area contributed by atoms with Crippen molar-refractivity contribution in [2.75, 3.05) is 0 Å². The first-order valence-electron chi connectivity index (χ1n) is 4.01. The molecule has 0 spiro atoms. The van der Waals surface area contributed by atoms with Gasteiger partial charge in [0, 0.05) is 6.42 Å². The summed E-state index contributed by atoms with van der Waals surface area (Å²) in [4.78, 5) is 9.96. The molecule has 1 rings (SSSR count). The second-order valence-corrected chi connectivity index (χ2v) is 1.96. The van der Waals surface area contributed by atoms with Crippen LogP contribution >= 0.6 is 0 Å². The van der Waals surface area contributed by atoms with E-state index < -0.39 is 0 Å². The number of benzene rings is 1. The third-order valence-electron chi connectivity index (χ3n) is 1.26. The molecular weight excluding hydrogens is 155 g/mol. The molecule has 12 heavy (non-hydrogen) atoms. The fraction of sp³-hybridized carbons (Fsp3) is 0.300. The molecule has 0 radical (unpaired) electrons. The highest BCUT2D eigenvalue weighted by molar-refractivity contribution is 5.54. The molecule has 0 N–H and O–H groups in total. The van der Waals surface area contributed by atoms with Crippen LogP contribution in [0.25, 0.3) is 0 Å². The molecule has 0 saturated carbocycles. The molecule has 0 aromatic heterocycles. The lowest BCUT2D eigenvalue weighted by Crippen LogP contribution is -1.89. The fourth-order valence-electron chi connectivity index (χ4n) is 0.754. The average molecular weight is 168 g/mol. The second kappa shape index (κ2) is 6.53. The Morgan fingerprint density at radius 3 is 2.42 bits per heavy atom. The number of halogens is 1. The number of aldehydes is 1. The number of hydrogen-bond acceptors (Lipinski definition) is 1. The van der Waals surface area contributed by atoms with Crippen molar-refractivity contribution in [3.8, 4) is 0 Å². The fourth-order valence-corrected chi connectivity index (χ4v) is 0.754. The smallest absolute Gasteiger partial charge is 0.126 e. The Hall–Kier alpha value is -1.18. The Balaban J connectivity index is 0.000000561. The summed E-state index contributed by atoms with van der Waals surface area (Å²) in [6.07, 6.45) is 0.852. The highest BCUT2D eigenvalue weighted by atomic mass is 19.1. The Labute approximate surface area is 72.2 Å². The summed E-state index contributed by atoms with van der Waals surface area (Å²) in [5.41, 5.74) is 0.456. The van der Waals surface area contributed by atoms with Gasteiger partial charge in [0.2, 0.25) is 0 Å². The van der Waals surface area contributed by atoms with E-state index in [1.165, 1.54) is 6.07 Å². The quantitative estimate of drug-likeness (QED) is 0.620. The van der Waals surface area contributed by atoms with Crippen LogP contribution in [0.3, 0.4) is 0 Å². The standard InChI is InChI=1S/C8H7FO.C2H6/c9-8-4-2-1-3-7(8)5-6-10;1-2/h1-4,6H,5H2;1-2H3. The van der Waals surface area contributed by atoms with Gasteiger partial charge in [0.05, 0.1) is 0 Å². The van der Waals surface area contributed by atoms with E-state index in [2.05, 4.69) is 0 Å². The van der Waals surface area contributed by atoms with Gasteiger partial charge >= 0.3 is 0 Å². The molecule has 0 atom stereocenters. The van der Waals surface area contributed by atoms with E-state index in [0.717, 1.165) is 0 Å². The van der Waals surface area contributed by atoms with Crippen molar-refractivity contribution in [1.29, 1.82) is 0 Å². The molecule has 2 heteroatoms. The summed E-state index contributed by atoms with van der Waals surface area (Å²) >= 11 is 0. The van der Waals surface area contributed by atoms with Crippen LogP contribution in [0.1, 0.15) is 19.4 Å². The van der Waals surface area contributed by atoms with Crippen molar-refractivity contribution in [1.82, 2.24) is 0 Å². The Bertz CT molecular complexity index is 233. The lowest BCUT2D eigenvalue weighted by Gasteiger charge is -1.94. The highest BCUT2D eigenvalue weighted by Crippen LogP contribution is 2.04. The minimum atomic E-state index is -0.311. The largest absolute Gasteiger partial charge is 0.303 e. The number of carbonyl (C=O) groups excluding carboxylic acids is 1. The summed E-state index contributed by atoms with van der Waals surface area (Å²) in [6, 6.07) is 6.26. The Morgan fingerprint density at radius 2 is 1.92 bits per heavy atom. The van der Waals surface area contributed by atoms with Crippen LogP contribution < -0.4 is 0 Å². The van der Waals surface area contributed by atoms with Gasteiger partial charge in [-0.3, -0.25) is 0 Å². The zero-order valence-corrected chi connectivity index (χ0v) is 7.38. The maximum Gasteiger partial charge on any atom is 0.126 e. The first-order chi connectivity index (χ1) is 5.84. The van der Waals surface area contributed by atoms with E-state index in [1.54, 1.807) is 18.2 Å². The van der Waals surface area contributed by atoms with Gasteiger partial charge in [-0.2, -0.15) is 0 Å². The van der Waals surface area contributed by atoms with E-state index in [0.29, 0.717) is 11.8 Å². The molecular formula is C10H13FO. The van der Waals surface area contributed by atoms with Gasteiger partial charge < -0.3 is 4.79 Å². The van der Waals surface area contributed by atoms with Crippen LogP contribution in [0, 0.1) is 5.82 Å². The van der Waals surface area contributed by atoms with Crippen molar-refractivity contribution in [3.63, 3.8) is 0 Å². The van der Waals surface area contributed by atoms with Gasteiger partial charge in [0.15, 0.2) is 0 Å². The maximum atomic E-state index is 12.6. The molecule has 0 unspecified atom stereocenters. The number of carbonyl (C=O) groups is 1. The zero-order chi connectivity index (χ0) is 9.40.